The van der Waals surface area contributed by atoms with Gasteiger partial charge in [-0.3, -0.25) is 0 Å². The highest BCUT2D eigenvalue weighted by molar-refractivity contribution is 9.10. The monoisotopic (exact) mass is 234 g/mol. The van der Waals surface area contributed by atoms with Crippen molar-refractivity contribution in [1.29, 1.82) is 0 Å². The lowest BCUT2D eigenvalue weighted by Crippen LogP contribution is -1.94. The third kappa shape index (κ3) is 2.02. The van der Waals surface area contributed by atoms with Crippen LogP contribution in [0.1, 0.15) is 24.0 Å². The molecule has 0 bridgehead atoms. The van der Waals surface area contributed by atoms with Crippen molar-refractivity contribution in [3.63, 3.8) is 0 Å². The quantitative estimate of drug-likeness (QED) is 0.541. The van der Waals surface area contributed by atoms with Crippen molar-refractivity contribution < 1.29 is 0 Å². The number of terminal acetylenes is 1. The summed E-state index contributed by atoms with van der Waals surface area (Å²) in [6.45, 7) is 5.84. The topological polar surface area (TPSA) is 0 Å². The maximum absolute atomic E-state index is 5.43. The molecule has 0 spiro atoms. The minimum Gasteiger partial charge on any atom is -0.115 e. The van der Waals surface area contributed by atoms with E-state index >= 15 is 0 Å². The van der Waals surface area contributed by atoms with Gasteiger partial charge in [-0.05, 0) is 33.5 Å². The van der Waals surface area contributed by atoms with Gasteiger partial charge in [0.25, 0.3) is 0 Å². The van der Waals surface area contributed by atoms with Crippen molar-refractivity contribution in [2.24, 2.45) is 0 Å². The van der Waals surface area contributed by atoms with Crippen LogP contribution in [0.15, 0.2) is 35.3 Å². The molecule has 1 heteroatoms. The average Bonchev–Trinajstić information content (AvgIpc) is 2.16. The molecule has 0 nitrogen and oxygen atoms in total. The number of allylic oxidation sites excluding steroid dienone is 1. The predicted octanol–water partition coefficient (Wildman–Crippen LogP) is 3.72. The SMILES string of the molecule is C#Cc1c(Br)cccc1C(C)C=C. The Morgan fingerprint density at radius 2 is 2.31 bits per heavy atom. The van der Waals surface area contributed by atoms with Crippen LogP contribution in [0.2, 0.25) is 0 Å². The molecule has 1 unspecified atom stereocenters. The van der Waals surface area contributed by atoms with E-state index in [1.807, 2.05) is 24.3 Å². The van der Waals surface area contributed by atoms with Gasteiger partial charge in [-0.1, -0.05) is 31.1 Å². The van der Waals surface area contributed by atoms with E-state index in [2.05, 4.69) is 35.4 Å². The van der Waals surface area contributed by atoms with Gasteiger partial charge in [0.1, 0.15) is 0 Å². The maximum Gasteiger partial charge on any atom is 0.0422 e. The van der Waals surface area contributed by atoms with Crippen molar-refractivity contribution in [3.8, 4) is 12.3 Å². The fourth-order valence-electron chi connectivity index (χ4n) is 1.20. The molecular formula is C12H11Br. The van der Waals surface area contributed by atoms with Gasteiger partial charge in [0.05, 0.1) is 0 Å². The highest BCUT2D eigenvalue weighted by Crippen LogP contribution is 2.26. The summed E-state index contributed by atoms with van der Waals surface area (Å²) in [6.07, 6.45) is 7.32. The second kappa shape index (κ2) is 4.30. The second-order valence-corrected chi connectivity index (χ2v) is 3.73. The predicted molar refractivity (Wildman–Crippen MR) is 60.7 cm³/mol. The van der Waals surface area contributed by atoms with Crippen LogP contribution in [0.4, 0.5) is 0 Å². The summed E-state index contributed by atoms with van der Waals surface area (Å²) in [6, 6.07) is 5.97. The highest BCUT2D eigenvalue weighted by atomic mass is 79.9. The Balaban J connectivity index is 3.29. The third-order valence-corrected chi connectivity index (χ3v) is 2.70. The molecule has 0 aliphatic heterocycles. The zero-order valence-corrected chi connectivity index (χ0v) is 9.14. The molecule has 0 N–H and O–H groups in total. The lowest BCUT2D eigenvalue weighted by atomic mass is 9.96. The molecule has 1 rings (SSSR count). The number of rotatable bonds is 2. The molecular weight excluding hydrogens is 224 g/mol. The third-order valence-electron chi connectivity index (χ3n) is 2.03. The second-order valence-electron chi connectivity index (χ2n) is 2.87. The number of halogens is 1. The molecule has 0 amide bonds. The van der Waals surface area contributed by atoms with Crippen LogP contribution in [0, 0.1) is 12.3 Å². The Labute approximate surface area is 87.8 Å². The molecule has 0 aromatic heterocycles. The first-order valence-electron chi connectivity index (χ1n) is 4.08. The van der Waals surface area contributed by atoms with E-state index in [0.717, 1.165) is 15.6 Å². The zero-order valence-electron chi connectivity index (χ0n) is 7.55. The van der Waals surface area contributed by atoms with E-state index in [-0.39, 0.29) is 0 Å². The Morgan fingerprint density at radius 3 is 2.85 bits per heavy atom. The molecule has 0 fully saturated rings. The van der Waals surface area contributed by atoms with Gasteiger partial charge in [-0.15, -0.1) is 13.0 Å². The molecule has 0 aliphatic carbocycles. The van der Waals surface area contributed by atoms with Gasteiger partial charge in [0, 0.05) is 10.0 Å². The molecule has 0 saturated carbocycles. The fraction of sp³-hybridized carbons (Fsp3) is 0.167. The summed E-state index contributed by atoms with van der Waals surface area (Å²) < 4.78 is 0.973. The van der Waals surface area contributed by atoms with Crippen LogP contribution in [0.5, 0.6) is 0 Å². The Morgan fingerprint density at radius 1 is 1.62 bits per heavy atom. The van der Waals surface area contributed by atoms with E-state index in [1.54, 1.807) is 0 Å². The first kappa shape index (κ1) is 10.1. The van der Waals surface area contributed by atoms with Crippen molar-refractivity contribution in [2.45, 2.75) is 12.8 Å². The Hall–Kier alpha value is -1.00. The van der Waals surface area contributed by atoms with Crippen molar-refractivity contribution in [1.82, 2.24) is 0 Å². The van der Waals surface area contributed by atoms with E-state index in [4.69, 9.17) is 6.42 Å². The van der Waals surface area contributed by atoms with E-state index in [0.29, 0.717) is 5.92 Å². The van der Waals surface area contributed by atoms with Crippen LogP contribution in [-0.4, -0.2) is 0 Å². The lowest BCUT2D eigenvalue weighted by molar-refractivity contribution is 0.964. The molecule has 0 radical (unpaired) electrons. The summed E-state index contributed by atoms with van der Waals surface area (Å²) in [7, 11) is 0. The van der Waals surface area contributed by atoms with Crippen LogP contribution in [0.3, 0.4) is 0 Å². The van der Waals surface area contributed by atoms with Gasteiger partial charge in [-0.2, -0.15) is 0 Å². The average molecular weight is 235 g/mol. The minimum absolute atomic E-state index is 0.295. The van der Waals surface area contributed by atoms with Crippen LogP contribution >= 0.6 is 15.9 Å². The van der Waals surface area contributed by atoms with Gasteiger partial charge < -0.3 is 0 Å². The van der Waals surface area contributed by atoms with Gasteiger partial charge in [0.2, 0.25) is 0 Å². The Bertz CT molecular complexity index is 358. The summed E-state index contributed by atoms with van der Waals surface area (Å²) in [5, 5.41) is 0. The highest BCUT2D eigenvalue weighted by Gasteiger charge is 2.07. The van der Waals surface area contributed by atoms with E-state index in [9.17, 15) is 0 Å². The number of hydrogen-bond donors (Lipinski definition) is 0. The largest absolute Gasteiger partial charge is 0.115 e. The summed E-state index contributed by atoms with van der Waals surface area (Å²) >= 11 is 3.43. The van der Waals surface area contributed by atoms with Crippen molar-refractivity contribution >= 4 is 15.9 Å². The first-order chi connectivity index (χ1) is 6.20. The standard InChI is InChI=1S/C12H11Br/c1-4-9(3)11-7-6-8-12(13)10(11)5-2/h2,4,6-9H,1H2,3H3. The molecule has 66 valence electrons. The van der Waals surface area contributed by atoms with Crippen LogP contribution in [-0.2, 0) is 0 Å². The summed E-state index contributed by atoms with van der Waals surface area (Å²) in [4.78, 5) is 0. The Kier molecular flexibility index (Phi) is 3.33. The van der Waals surface area contributed by atoms with Gasteiger partial charge in [0.15, 0.2) is 0 Å². The fourth-order valence-corrected chi connectivity index (χ4v) is 1.70. The van der Waals surface area contributed by atoms with E-state index < -0.39 is 0 Å². The smallest absolute Gasteiger partial charge is 0.0422 e. The van der Waals surface area contributed by atoms with Crippen molar-refractivity contribution in [3.05, 3.63) is 46.5 Å². The summed E-state index contributed by atoms with van der Waals surface area (Å²) in [5.74, 6) is 2.98. The molecule has 0 heterocycles. The normalized spacial score (nSPS) is 11.8. The molecule has 0 aliphatic rings. The number of hydrogen-bond acceptors (Lipinski definition) is 0. The van der Waals surface area contributed by atoms with E-state index in [1.165, 1.54) is 0 Å². The molecule has 1 aromatic rings. The molecule has 1 aromatic carbocycles. The van der Waals surface area contributed by atoms with Crippen LogP contribution < -0.4 is 0 Å². The number of benzene rings is 1. The maximum atomic E-state index is 5.43. The zero-order chi connectivity index (χ0) is 9.84. The van der Waals surface area contributed by atoms with Crippen molar-refractivity contribution in [2.75, 3.05) is 0 Å². The van der Waals surface area contributed by atoms with Gasteiger partial charge >= 0.3 is 0 Å². The molecule has 0 saturated heterocycles. The lowest BCUT2D eigenvalue weighted by Gasteiger charge is -2.10. The van der Waals surface area contributed by atoms with Gasteiger partial charge in [-0.25, -0.2) is 0 Å². The first-order valence-corrected chi connectivity index (χ1v) is 4.87. The minimum atomic E-state index is 0.295. The molecule has 13 heavy (non-hydrogen) atoms. The van der Waals surface area contributed by atoms with Crippen LogP contribution in [0.25, 0.3) is 0 Å². The molecule has 1 atom stereocenters. The summed E-state index contributed by atoms with van der Waals surface area (Å²) in [5.41, 5.74) is 2.07.